The number of rotatable bonds is 6. The standard InChI is InChI=1S/C12H21NO2S/c1-3-15-11(14)6-4-8-13-10-12(2)7-5-9-16-12/h4,6,13H,3,5,7-10H2,1-2H3/b6-4+. The van der Waals surface area contributed by atoms with Crippen LogP contribution in [0.1, 0.15) is 26.7 Å². The third kappa shape index (κ3) is 5.03. The van der Waals surface area contributed by atoms with Crippen LogP contribution in [-0.4, -0.2) is 36.2 Å². The van der Waals surface area contributed by atoms with Crippen molar-refractivity contribution in [3.8, 4) is 0 Å². The first-order chi connectivity index (χ1) is 7.66. The highest BCUT2D eigenvalue weighted by Crippen LogP contribution is 2.36. The summed E-state index contributed by atoms with van der Waals surface area (Å²) in [6.07, 6.45) is 5.91. The predicted octanol–water partition coefficient (Wildman–Crippen LogP) is 1.98. The van der Waals surface area contributed by atoms with Gasteiger partial charge in [0, 0.05) is 23.9 Å². The summed E-state index contributed by atoms with van der Waals surface area (Å²) < 4.78 is 5.17. The molecule has 0 aromatic carbocycles. The number of hydrogen-bond acceptors (Lipinski definition) is 4. The number of carbonyl (C=O) groups excluding carboxylic acids is 1. The van der Waals surface area contributed by atoms with E-state index in [9.17, 15) is 4.79 Å². The maximum absolute atomic E-state index is 11.0. The second kappa shape index (κ2) is 6.97. The van der Waals surface area contributed by atoms with Gasteiger partial charge in [0.15, 0.2) is 0 Å². The minimum absolute atomic E-state index is 0.259. The molecule has 3 nitrogen and oxygen atoms in total. The summed E-state index contributed by atoms with van der Waals surface area (Å²) in [5.74, 6) is 1.02. The van der Waals surface area contributed by atoms with Crippen LogP contribution < -0.4 is 5.32 Å². The SMILES string of the molecule is CCOC(=O)/C=C/CNCC1(C)CCCS1. The monoisotopic (exact) mass is 243 g/mol. The van der Waals surface area contributed by atoms with Gasteiger partial charge in [-0.25, -0.2) is 4.79 Å². The molecule has 1 aliphatic heterocycles. The summed E-state index contributed by atoms with van der Waals surface area (Å²) in [5.41, 5.74) is 0. The quantitative estimate of drug-likeness (QED) is 0.440. The maximum Gasteiger partial charge on any atom is 0.330 e. The van der Waals surface area contributed by atoms with Crippen molar-refractivity contribution in [2.45, 2.75) is 31.4 Å². The molecule has 92 valence electrons. The molecule has 0 amide bonds. The molecule has 0 aliphatic carbocycles. The van der Waals surface area contributed by atoms with Crippen molar-refractivity contribution < 1.29 is 9.53 Å². The Hall–Kier alpha value is -0.480. The zero-order valence-corrected chi connectivity index (χ0v) is 10.9. The summed E-state index contributed by atoms with van der Waals surface area (Å²) in [4.78, 5) is 11.0. The number of ether oxygens (including phenoxy) is 1. The van der Waals surface area contributed by atoms with Crippen molar-refractivity contribution in [2.75, 3.05) is 25.4 Å². The van der Waals surface area contributed by atoms with Gasteiger partial charge >= 0.3 is 5.97 Å². The van der Waals surface area contributed by atoms with E-state index in [0.29, 0.717) is 11.4 Å². The molecule has 1 fully saturated rings. The van der Waals surface area contributed by atoms with Gasteiger partial charge in [-0.2, -0.15) is 11.8 Å². The van der Waals surface area contributed by atoms with E-state index in [1.165, 1.54) is 24.7 Å². The summed E-state index contributed by atoms with van der Waals surface area (Å²) in [6, 6.07) is 0. The third-order valence-electron chi connectivity index (χ3n) is 2.60. The van der Waals surface area contributed by atoms with Gasteiger partial charge in [0.1, 0.15) is 0 Å². The Morgan fingerprint density at radius 2 is 2.44 bits per heavy atom. The molecule has 0 aromatic rings. The molecule has 0 saturated carbocycles. The maximum atomic E-state index is 11.0. The van der Waals surface area contributed by atoms with E-state index in [-0.39, 0.29) is 5.97 Å². The summed E-state index contributed by atoms with van der Waals surface area (Å²) in [6.45, 7) is 6.28. The van der Waals surface area contributed by atoms with Gasteiger partial charge in [-0.1, -0.05) is 6.08 Å². The molecule has 4 heteroatoms. The highest BCUT2D eigenvalue weighted by molar-refractivity contribution is 8.00. The van der Waals surface area contributed by atoms with Crippen LogP contribution in [0, 0.1) is 0 Å². The first-order valence-electron chi connectivity index (χ1n) is 5.84. The molecule has 1 unspecified atom stereocenters. The minimum atomic E-state index is -0.259. The molecule has 1 aliphatic rings. The molecular formula is C12H21NO2S. The lowest BCUT2D eigenvalue weighted by atomic mass is 10.1. The Balaban J connectivity index is 2.09. The molecule has 0 spiro atoms. The molecule has 0 radical (unpaired) electrons. The lowest BCUT2D eigenvalue weighted by molar-refractivity contribution is -0.137. The van der Waals surface area contributed by atoms with Crippen LogP contribution >= 0.6 is 11.8 Å². The number of esters is 1. The fourth-order valence-electron chi connectivity index (χ4n) is 1.74. The molecule has 1 heterocycles. The Morgan fingerprint density at radius 1 is 1.62 bits per heavy atom. The fraction of sp³-hybridized carbons (Fsp3) is 0.750. The molecule has 0 bridgehead atoms. The fourth-order valence-corrected chi connectivity index (χ4v) is 3.02. The van der Waals surface area contributed by atoms with Gasteiger partial charge in [0.2, 0.25) is 0 Å². The van der Waals surface area contributed by atoms with Crippen molar-refractivity contribution in [1.29, 1.82) is 0 Å². The van der Waals surface area contributed by atoms with E-state index in [0.717, 1.165) is 13.1 Å². The van der Waals surface area contributed by atoms with Gasteiger partial charge in [-0.05, 0) is 32.4 Å². The number of hydrogen-bond donors (Lipinski definition) is 1. The number of nitrogens with one attached hydrogen (secondary N) is 1. The van der Waals surface area contributed by atoms with E-state index in [1.807, 2.05) is 24.8 Å². The predicted molar refractivity (Wildman–Crippen MR) is 68.7 cm³/mol. The zero-order chi connectivity index (χ0) is 11.9. The van der Waals surface area contributed by atoms with Crippen LogP contribution in [0.25, 0.3) is 0 Å². The second-order valence-corrected chi connectivity index (χ2v) is 5.87. The molecule has 1 saturated heterocycles. The number of carbonyl (C=O) groups is 1. The van der Waals surface area contributed by atoms with Crippen LogP contribution in [0.3, 0.4) is 0 Å². The number of thioether (sulfide) groups is 1. The highest BCUT2D eigenvalue weighted by atomic mass is 32.2. The molecular weight excluding hydrogens is 222 g/mol. The molecule has 0 aromatic heterocycles. The van der Waals surface area contributed by atoms with Crippen LogP contribution in [0.5, 0.6) is 0 Å². The smallest absolute Gasteiger partial charge is 0.330 e. The van der Waals surface area contributed by atoms with Gasteiger partial charge < -0.3 is 10.1 Å². The topological polar surface area (TPSA) is 38.3 Å². The summed E-state index contributed by atoms with van der Waals surface area (Å²) >= 11 is 2.04. The van der Waals surface area contributed by atoms with Crippen molar-refractivity contribution in [2.24, 2.45) is 0 Å². The van der Waals surface area contributed by atoms with E-state index >= 15 is 0 Å². The lowest BCUT2D eigenvalue weighted by Crippen LogP contribution is -2.32. The molecule has 1 atom stereocenters. The third-order valence-corrected chi connectivity index (χ3v) is 4.14. The van der Waals surface area contributed by atoms with Crippen molar-refractivity contribution in [1.82, 2.24) is 5.32 Å². The summed E-state index contributed by atoms with van der Waals surface area (Å²) in [5, 5.41) is 3.35. The molecule has 1 rings (SSSR count). The highest BCUT2D eigenvalue weighted by Gasteiger charge is 2.28. The van der Waals surface area contributed by atoms with Crippen LogP contribution in [0.4, 0.5) is 0 Å². The van der Waals surface area contributed by atoms with E-state index in [1.54, 1.807) is 0 Å². The second-order valence-electron chi connectivity index (χ2n) is 4.19. The zero-order valence-electron chi connectivity index (χ0n) is 10.1. The van der Waals surface area contributed by atoms with Gasteiger partial charge in [0.25, 0.3) is 0 Å². The largest absolute Gasteiger partial charge is 0.463 e. The van der Waals surface area contributed by atoms with Crippen molar-refractivity contribution >= 4 is 17.7 Å². The van der Waals surface area contributed by atoms with E-state index < -0.39 is 0 Å². The Morgan fingerprint density at radius 3 is 3.06 bits per heavy atom. The van der Waals surface area contributed by atoms with Crippen molar-refractivity contribution in [3.63, 3.8) is 0 Å². The first-order valence-corrected chi connectivity index (χ1v) is 6.83. The van der Waals surface area contributed by atoms with Gasteiger partial charge in [-0.3, -0.25) is 0 Å². The van der Waals surface area contributed by atoms with Crippen LogP contribution in [0.2, 0.25) is 0 Å². The first kappa shape index (κ1) is 13.6. The van der Waals surface area contributed by atoms with Gasteiger partial charge in [-0.15, -0.1) is 0 Å². The van der Waals surface area contributed by atoms with Gasteiger partial charge in [0.05, 0.1) is 6.61 Å². The molecule has 1 N–H and O–H groups in total. The Kier molecular flexibility index (Phi) is 5.91. The molecule has 16 heavy (non-hydrogen) atoms. The Bertz CT molecular complexity index is 247. The average Bonchev–Trinajstić information content (AvgIpc) is 2.65. The summed E-state index contributed by atoms with van der Waals surface area (Å²) in [7, 11) is 0. The van der Waals surface area contributed by atoms with Crippen LogP contribution in [-0.2, 0) is 9.53 Å². The normalized spacial score (nSPS) is 25.1. The van der Waals surface area contributed by atoms with Crippen LogP contribution in [0.15, 0.2) is 12.2 Å². The van der Waals surface area contributed by atoms with Crippen molar-refractivity contribution in [3.05, 3.63) is 12.2 Å². The average molecular weight is 243 g/mol. The lowest BCUT2D eigenvalue weighted by Gasteiger charge is -2.22. The minimum Gasteiger partial charge on any atom is -0.463 e. The Labute approximate surface area is 102 Å². The van der Waals surface area contributed by atoms with E-state index in [4.69, 9.17) is 4.74 Å². The van der Waals surface area contributed by atoms with E-state index in [2.05, 4.69) is 12.2 Å².